The quantitative estimate of drug-likeness (QED) is 0.263. The van der Waals surface area contributed by atoms with Gasteiger partial charge in [0.25, 0.3) is 5.91 Å². The van der Waals surface area contributed by atoms with Crippen molar-refractivity contribution < 1.29 is 18.7 Å². The zero-order chi connectivity index (χ0) is 30.5. The number of carbonyl (C=O) groups excluding carboxylic acids is 1. The van der Waals surface area contributed by atoms with Crippen molar-refractivity contribution in [2.45, 2.75) is 45.6 Å². The van der Waals surface area contributed by atoms with Crippen molar-refractivity contribution in [2.75, 3.05) is 13.1 Å². The summed E-state index contributed by atoms with van der Waals surface area (Å²) in [6.07, 6.45) is 7.35. The van der Waals surface area contributed by atoms with Crippen molar-refractivity contribution in [3.8, 4) is 34.9 Å². The number of aromatic nitrogens is 3. The highest BCUT2D eigenvalue weighted by atomic mass is 35.5. The standard InChI is InChI=1S/C31H27ClF2N4O4/c1-5-23(40)36-13-10-18(11-14-36)37-21-15-19(32)24(25-20(33)7-6-8-22(25)39)26(34)29(21)38(31(42)30(37)41)28-17(4)9-12-35-27(28)16(2)3/h1,6-9,12,15-16,18,39H,10-11,13-14H2,2-4H3. The number of nitrogens with zero attached hydrogens (tertiary/aromatic N) is 4. The second-order valence-electron chi connectivity index (χ2n) is 10.5. The Hall–Kier alpha value is -4.49. The van der Waals surface area contributed by atoms with Crippen LogP contribution in [0.4, 0.5) is 8.78 Å². The number of phenolic OH excluding ortho intramolecular Hbond substituents is 1. The number of rotatable bonds is 4. The van der Waals surface area contributed by atoms with Gasteiger partial charge in [-0.25, -0.2) is 8.78 Å². The maximum atomic E-state index is 16.9. The molecule has 3 heterocycles. The van der Waals surface area contributed by atoms with Crippen LogP contribution in [0.15, 0.2) is 46.1 Å². The fraction of sp³-hybridized carbons (Fsp3) is 0.290. The molecule has 0 unspecified atom stereocenters. The molecule has 216 valence electrons. The Bertz CT molecular complexity index is 1900. The van der Waals surface area contributed by atoms with Gasteiger partial charge in [0.15, 0.2) is 5.82 Å². The summed E-state index contributed by atoms with van der Waals surface area (Å²) in [5.74, 6) is -1.21. The van der Waals surface area contributed by atoms with Crippen LogP contribution in [0.25, 0.3) is 27.8 Å². The van der Waals surface area contributed by atoms with E-state index in [4.69, 9.17) is 18.0 Å². The molecule has 0 aliphatic carbocycles. The van der Waals surface area contributed by atoms with Crippen LogP contribution in [0.1, 0.15) is 49.9 Å². The zero-order valence-electron chi connectivity index (χ0n) is 23.1. The van der Waals surface area contributed by atoms with E-state index in [9.17, 15) is 19.5 Å². The summed E-state index contributed by atoms with van der Waals surface area (Å²) in [5.41, 5.74) is -1.98. The van der Waals surface area contributed by atoms with Crippen molar-refractivity contribution >= 4 is 28.5 Å². The van der Waals surface area contributed by atoms with E-state index in [-0.39, 0.29) is 53.6 Å². The van der Waals surface area contributed by atoms with Gasteiger partial charge in [0, 0.05) is 30.9 Å². The lowest BCUT2D eigenvalue weighted by Gasteiger charge is -2.33. The Morgan fingerprint density at radius 2 is 1.83 bits per heavy atom. The van der Waals surface area contributed by atoms with E-state index in [0.29, 0.717) is 11.3 Å². The number of fused-ring (bicyclic) bond motifs is 1. The largest absolute Gasteiger partial charge is 0.507 e. The molecule has 0 atom stereocenters. The number of benzene rings is 2. The molecule has 5 rings (SSSR count). The van der Waals surface area contributed by atoms with E-state index in [1.807, 2.05) is 13.8 Å². The normalized spacial score (nSPS) is 14.0. The van der Waals surface area contributed by atoms with Crippen molar-refractivity contribution in [1.82, 2.24) is 19.0 Å². The van der Waals surface area contributed by atoms with Gasteiger partial charge < -0.3 is 10.0 Å². The van der Waals surface area contributed by atoms with Gasteiger partial charge in [0.2, 0.25) is 0 Å². The van der Waals surface area contributed by atoms with Crippen LogP contribution >= 0.6 is 11.6 Å². The summed E-state index contributed by atoms with van der Waals surface area (Å²) in [7, 11) is 0. The summed E-state index contributed by atoms with van der Waals surface area (Å²) in [4.78, 5) is 45.8. The lowest BCUT2D eigenvalue weighted by molar-refractivity contribution is -0.126. The summed E-state index contributed by atoms with van der Waals surface area (Å²) in [6, 6.07) is 5.86. The average Bonchev–Trinajstić information content (AvgIpc) is 2.95. The number of piperidine rings is 1. The molecule has 2 aromatic carbocycles. The van der Waals surface area contributed by atoms with Gasteiger partial charge in [-0.15, -0.1) is 6.42 Å². The number of aryl methyl sites for hydroxylation is 1. The molecule has 1 aliphatic rings. The first-order chi connectivity index (χ1) is 20.0. The molecule has 0 radical (unpaired) electrons. The van der Waals surface area contributed by atoms with Gasteiger partial charge in [0.1, 0.15) is 17.1 Å². The lowest BCUT2D eigenvalue weighted by atomic mass is 9.99. The SMILES string of the molecule is C#CC(=O)N1CCC(n2c(=O)c(=O)n(-c3c(C)ccnc3C(C)C)c3c(F)c(-c4c(O)cccc4F)c(Cl)cc32)CC1. The van der Waals surface area contributed by atoms with E-state index in [1.165, 1.54) is 27.7 Å². The van der Waals surface area contributed by atoms with Crippen molar-refractivity contribution in [1.29, 1.82) is 0 Å². The Labute approximate surface area is 244 Å². The molecule has 1 fully saturated rings. The third-order valence-corrected chi connectivity index (χ3v) is 7.97. The molecule has 1 N–H and O–H groups in total. The Morgan fingerprint density at radius 1 is 1.14 bits per heavy atom. The molecule has 1 amide bonds. The molecule has 1 aliphatic heterocycles. The number of likely N-dealkylation sites (tertiary alicyclic amines) is 1. The third kappa shape index (κ3) is 4.64. The Balaban J connectivity index is 1.92. The smallest absolute Gasteiger partial charge is 0.321 e. The van der Waals surface area contributed by atoms with Crippen molar-refractivity contribution in [3.05, 3.63) is 85.2 Å². The van der Waals surface area contributed by atoms with Gasteiger partial charge in [-0.3, -0.25) is 28.5 Å². The van der Waals surface area contributed by atoms with Crippen LogP contribution in [-0.4, -0.2) is 43.1 Å². The van der Waals surface area contributed by atoms with E-state index < -0.39 is 51.6 Å². The van der Waals surface area contributed by atoms with E-state index in [2.05, 4.69) is 10.9 Å². The van der Waals surface area contributed by atoms with Crippen LogP contribution in [-0.2, 0) is 4.79 Å². The van der Waals surface area contributed by atoms with Gasteiger partial charge in [-0.05, 0) is 61.4 Å². The molecule has 4 aromatic rings. The number of pyridine rings is 1. The molecule has 0 bridgehead atoms. The number of terminal acetylenes is 1. The molecular formula is C31H27ClF2N4O4. The maximum Gasteiger partial charge on any atom is 0.321 e. The third-order valence-electron chi connectivity index (χ3n) is 7.67. The summed E-state index contributed by atoms with van der Waals surface area (Å²) >= 11 is 6.58. The second-order valence-corrected chi connectivity index (χ2v) is 11.0. The fourth-order valence-corrected chi connectivity index (χ4v) is 5.95. The van der Waals surface area contributed by atoms with Gasteiger partial charge in [0.05, 0.1) is 27.5 Å². The minimum Gasteiger partial charge on any atom is -0.507 e. The first-order valence-electron chi connectivity index (χ1n) is 13.4. The molecule has 0 spiro atoms. The van der Waals surface area contributed by atoms with Crippen LogP contribution in [0.5, 0.6) is 5.75 Å². The summed E-state index contributed by atoms with van der Waals surface area (Å²) < 4.78 is 34.1. The number of hydrogen-bond acceptors (Lipinski definition) is 5. The number of amides is 1. The lowest BCUT2D eigenvalue weighted by Crippen LogP contribution is -2.46. The highest BCUT2D eigenvalue weighted by Crippen LogP contribution is 2.42. The molecule has 2 aromatic heterocycles. The number of halogens is 3. The molecule has 11 heteroatoms. The monoisotopic (exact) mass is 592 g/mol. The van der Waals surface area contributed by atoms with E-state index >= 15 is 8.78 Å². The summed E-state index contributed by atoms with van der Waals surface area (Å²) in [5, 5.41) is 10.2. The van der Waals surface area contributed by atoms with Gasteiger partial charge >= 0.3 is 11.1 Å². The van der Waals surface area contributed by atoms with Crippen LogP contribution in [0.2, 0.25) is 5.02 Å². The van der Waals surface area contributed by atoms with Crippen molar-refractivity contribution in [2.24, 2.45) is 0 Å². The Kier molecular flexibility index (Phi) is 7.64. The molecular weight excluding hydrogens is 566 g/mol. The fourth-order valence-electron chi connectivity index (χ4n) is 5.67. The highest BCUT2D eigenvalue weighted by Gasteiger charge is 2.31. The first-order valence-corrected chi connectivity index (χ1v) is 13.7. The highest BCUT2D eigenvalue weighted by molar-refractivity contribution is 6.34. The van der Waals surface area contributed by atoms with Gasteiger partial charge in [-0.1, -0.05) is 31.5 Å². The number of carbonyl (C=O) groups is 1. The van der Waals surface area contributed by atoms with Crippen LogP contribution < -0.4 is 11.1 Å². The predicted octanol–water partition coefficient (Wildman–Crippen LogP) is 5.08. The van der Waals surface area contributed by atoms with Crippen LogP contribution in [0.3, 0.4) is 0 Å². The number of aromatic hydroxyl groups is 1. The van der Waals surface area contributed by atoms with E-state index in [0.717, 1.165) is 10.6 Å². The maximum absolute atomic E-state index is 16.9. The molecule has 1 saturated heterocycles. The number of phenols is 1. The molecule has 42 heavy (non-hydrogen) atoms. The number of hydrogen-bond donors (Lipinski definition) is 1. The van der Waals surface area contributed by atoms with Crippen LogP contribution in [0, 0.1) is 30.9 Å². The minimum absolute atomic E-state index is 0.00126. The second kappa shape index (κ2) is 11.1. The first kappa shape index (κ1) is 29.0. The zero-order valence-corrected chi connectivity index (χ0v) is 23.9. The van der Waals surface area contributed by atoms with Gasteiger partial charge in [-0.2, -0.15) is 0 Å². The van der Waals surface area contributed by atoms with Crippen molar-refractivity contribution in [3.63, 3.8) is 0 Å². The molecule has 0 saturated carbocycles. The minimum atomic E-state index is -1.10. The molecule has 8 nitrogen and oxygen atoms in total. The average molecular weight is 593 g/mol. The predicted molar refractivity (Wildman–Crippen MR) is 156 cm³/mol. The topological polar surface area (TPSA) is 97.4 Å². The van der Waals surface area contributed by atoms with E-state index in [1.54, 1.807) is 19.2 Å². The summed E-state index contributed by atoms with van der Waals surface area (Å²) in [6.45, 7) is 5.85. The Morgan fingerprint density at radius 3 is 2.45 bits per heavy atom.